The highest BCUT2D eigenvalue weighted by Crippen LogP contribution is 2.24. The van der Waals surface area contributed by atoms with Gasteiger partial charge in [-0.25, -0.2) is 0 Å². The Kier molecular flexibility index (Phi) is 3.36. The number of nitrogens with zero attached hydrogens (tertiary/aromatic N) is 3. The van der Waals surface area contributed by atoms with E-state index in [0.29, 0.717) is 17.6 Å². The average molecular weight is 247 g/mol. The molecular weight excluding hydrogens is 230 g/mol. The van der Waals surface area contributed by atoms with E-state index in [1.54, 1.807) is 11.8 Å². The van der Waals surface area contributed by atoms with E-state index in [1.165, 1.54) is 0 Å². The van der Waals surface area contributed by atoms with Crippen LogP contribution in [0.5, 0.6) is 5.75 Å². The quantitative estimate of drug-likeness (QED) is 0.859. The normalized spacial score (nSPS) is 10.7. The van der Waals surface area contributed by atoms with Crippen molar-refractivity contribution in [1.82, 2.24) is 14.8 Å². The molecule has 6 heteroatoms. The van der Waals surface area contributed by atoms with Crippen LogP contribution in [0.4, 0.5) is 11.9 Å². The highest BCUT2D eigenvalue weighted by atomic mass is 16.5. The second kappa shape index (κ2) is 4.95. The first-order valence-corrected chi connectivity index (χ1v) is 5.74. The zero-order chi connectivity index (χ0) is 13.1. The van der Waals surface area contributed by atoms with Crippen LogP contribution >= 0.6 is 0 Å². The lowest BCUT2D eigenvalue weighted by Crippen LogP contribution is -2.11. The third-order valence-electron chi connectivity index (χ3n) is 2.36. The molecule has 0 atom stereocenters. The first-order chi connectivity index (χ1) is 8.61. The minimum atomic E-state index is 0.248. The smallest absolute Gasteiger partial charge is 0.244 e. The number of hydrogen-bond donors (Lipinski definition) is 2. The molecule has 0 aliphatic rings. The van der Waals surface area contributed by atoms with E-state index in [0.717, 1.165) is 5.69 Å². The number of ether oxygens (including phenoxy) is 1. The molecule has 1 aromatic heterocycles. The Labute approximate surface area is 106 Å². The molecule has 1 heterocycles. The van der Waals surface area contributed by atoms with Gasteiger partial charge in [-0.2, -0.15) is 9.67 Å². The molecule has 96 valence electrons. The summed E-state index contributed by atoms with van der Waals surface area (Å²) in [6.45, 7) is 4.03. The molecule has 6 nitrogen and oxygen atoms in total. The van der Waals surface area contributed by atoms with Crippen molar-refractivity contribution in [2.24, 2.45) is 0 Å². The van der Waals surface area contributed by atoms with Crippen molar-refractivity contribution in [3.8, 4) is 11.4 Å². The Hall–Kier alpha value is -2.24. The number of nitrogens with one attached hydrogen (secondary N) is 1. The van der Waals surface area contributed by atoms with E-state index >= 15 is 0 Å². The van der Waals surface area contributed by atoms with Crippen molar-refractivity contribution in [1.29, 1.82) is 0 Å². The third kappa shape index (κ3) is 2.37. The summed E-state index contributed by atoms with van der Waals surface area (Å²) in [5.41, 5.74) is 6.63. The largest absolute Gasteiger partial charge is 0.494 e. The zero-order valence-electron chi connectivity index (χ0n) is 10.7. The van der Waals surface area contributed by atoms with E-state index in [1.807, 2.05) is 38.1 Å². The van der Waals surface area contributed by atoms with Crippen molar-refractivity contribution < 1.29 is 4.74 Å². The Balaban J connectivity index is 2.41. The molecular formula is C12H17N5O. The van der Waals surface area contributed by atoms with Crippen LogP contribution in [0.25, 0.3) is 5.69 Å². The van der Waals surface area contributed by atoms with Gasteiger partial charge in [-0.15, -0.1) is 5.10 Å². The molecule has 0 saturated carbocycles. The number of anilines is 2. The van der Waals surface area contributed by atoms with Crippen LogP contribution in [0, 0.1) is 0 Å². The van der Waals surface area contributed by atoms with Crippen LogP contribution in [0.1, 0.15) is 13.8 Å². The standard InChI is InChI=1S/C12H17N5O/c1-8(2)14-12-15-11(13)17(16-12)9-6-4-5-7-10(9)18-3/h4-8H,1-3H3,(H3,13,14,15,16). The van der Waals surface area contributed by atoms with E-state index in [4.69, 9.17) is 10.5 Å². The summed E-state index contributed by atoms with van der Waals surface area (Å²) >= 11 is 0. The third-order valence-corrected chi connectivity index (χ3v) is 2.36. The fourth-order valence-corrected chi connectivity index (χ4v) is 1.63. The Morgan fingerprint density at radius 1 is 1.33 bits per heavy atom. The number of hydrogen-bond acceptors (Lipinski definition) is 5. The minimum Gasteiger partial charge on any atom is -0.494 e. The maximum Gasteiger partial charge on any atom is 0.244 e. The fraction of sp³-hybridized carbons (Fsp3) is 0.333. The molecule has 0 radical (unpaired) electrons. The van der Waals surface area contributed by atoms with Gasteiger partial charge in [-0.3, -0.25) is 0 Å². The number of methoxy groups -OCH3 is 1. The van der Waals surface area contributed by atoms with E-state index in [2.05, 4.69) is 15.4 Å². The SMILES string of the molecule is COc1ccccc1-n1nc(NC(C)C)nc1N. The zero-order valence-corrected chi connectivity index (χ0v) is 10.7. The summed E-state index contributed by atoms with van der Waals surface area (Å²) in [5, 5.41) is 7.43. The first kappa shape index (κ1) is 12.2. The molecule has 0 bridgehead atoms. The van der Waals surface area contributed by atoms with Crippen molar-refractivity contribution in [2.75, 3.05) is 18.2 Å². The van der Waals surface area contributed by atoms with E-state index in [-0.39, 0.29) is 6.04 Å². The molecule has 0 spiro atoms. The molecule has 0 unspecified atom stereocenters. The lowest BCUT2D eigenvalue weighted by atomic mass is 10.3. The Morgan fingerprint density at radius 3 is 2.72 bits per heavy atom. The highest BCUT2D eigenvalue weighted by Gasteiger charge is 2.12. The molecule has 1 aromatic carbocycles. The lowest BCUT2D eigenvalue weighted by Gasteiger charge is -2.08. The maximum atomic E-state index is 5.87. The molecule has 0 amide bonds. The van der Waals surface area contributed by atoms with Gasteiger partial charge in [0.15, 0.2) is 0 Å². The fourth-order valence-electron chi connectivity index (χ4n) is 1.63. The van der Waals surface area contributed by atoms with Crippen LogP contribution in [0.3, 0.4) is 0 Å². The summed E-state index contributed by atoms with van der Waals surface area (Å²) in [5.74, 6) is 1.53. The summed E-state index contributed by atoms with van der Waals surface area (Å²) in [7, 11) is 1.61. The van der Waals surface area contributed by atoms with E-state index in [9.17, 15) is 0 Å². The van der Waals surface area contributed by atoms with Gasteiger partial charge >= 0.3 is 0 Å². The predicted octanol–water partition coefficient (Wildman–Crippen LogP) is 1.68. The van der Waals surface area contributed by atoms with Crippen molar-refractivity contribution in [3.63, 3.8) is 0 Å². The molecule has 2 aromatic rings. The van der Waals surface area contributed by atoms with Crippen LogP contribution in [-0.2, 0) is 0 Å². The maximum absolute atomic E-state index is 5.87. The molecule has 0 aliphatic heterocycles. The van der Waals surface area contributed by atoms with Gasteiger partial charge in [0.05, 0.1) is 7.11 Å². The molecule has 0 aliphatic carbocycles. The van der Waals surface area contributed by atoms with Gasteiger partial charge in [0, 0.05) is 6.04 Å². The van der Waals surface area contributed by atoms with E-state index < -0.39 is 0 Å². The molecule has 2 rings (SSSR count). The molecule has 0 saturated heterocycles. The number of para-hydroxylation sites is 2. The molecule has 18 heavy (non-hydrogen) atoms. The van der Waals surface area contributed by atoms with Crippen molar-refractivity contribution in [2.45, 2.75) is 19.9 Å². The summed E-state index contributed by atoms with van der Waals surface area (Å²) in [6.07, 6.45) is 0. The van der Waals surface area contributed by atoms with Gasteiger partial charge in [-0.1, -0.05) is 12.1 Å². The monoisotopic (exact) mass is 247 g/mol. The second-order valence-corrected chi connectivity index (χ2v) is 4.18. The summed E-state index contributed by atoms with van der Waals surface area (Å²) in [6, 6.07) is 7.77. The topological polar surface area (TPSA) is 78.0 Å². The van der Waals surface area contributed by atoms with Gasteiger partial charge in [0.1, 0.15) is 11.4 Å². The Morgan fingerprint density at radius 2 is 2.06 bits per heavy atom. The van der Waals surface area contributed by atoms with Gasteiger partial charge < -0.3 is 15.8 Å². The number of benzene rings is 1. The average Bonchev–Trinajstić information content (AvgIpc) is 2.69. The highest BCUT2D eigenvalue weighted by molar-refractivity contribution is 5.50. The number of nitrogens with two attached hydrogens (primary N) is 1. The predicted molar refractivity (Wildman–Crippen MR) is 71.1 cm³/mol. The number of rotatable bonds is 4. The van der Waals surface area contributed by atoms with Crippen molar-refractivity contribution >= 4 is 11.9 Å². The van der Waals surface area contributed by atoms with Crippen molar-refractivity contribution in [3.05, 3.63) is 24.3 Å². The summed E-state index contributed by atoms with van der Waals surface area (Å²) in [4.78, 5) is 4.17. The summed E-state index contributed by atoms with van der Waals surface area (Å²) < 4.78 is 6.84. The van der Waals surface area contributed by atoms with Crippen LogP contribution in [0.2, 0.25) is 0 Å². The number of nitrogen functional groups attached to an aromatic ring is 1. The van der Waals surface area contributed by atoms with Gasteiger partial charge in [-0.05, 0) is 26.0 Å². The minimum absolute atomic E-state index is 0.248. The first-order valence-electron chi connectivity index (χ1n) is 5.74. The van der Waals surface area contributed by atoms with Crippen LogP contribution in [-0.4, -0.2) is 27.9 Å². The van der Waals surface area contributed by atoms with Gasteiger partial charge in [0.25, 0.3) is 0 Å². The van der Waals surface area contributed by atoms with Gasteiger partial charge in [0.2, 0.25) is 11.9 Å². The second-order valence-electron chi connectivity index (χ2n) is 4.18. The van der Waals surface area contributed by atoms with Crippen LogP contribution < -0.4 is 15.8 Å². The lowest BCUT2D eigenvalue weighted by molar-refractivity contribution is 0.412. The number of aromatic nitrogens is 3. The Bertz CT molecular complexity index is 535. The molecule has 0 fully saturated rings. The molecule has 3 N–H and O–H groups in total. The van der Waals surface area contributed by atoms with Crippen LogP contribution in [0.15, 0.2) is 24.3 Å².